The van der Waals surface area contributed by atoms with Crippen molar-refractivity contribution in [2.45, 2.75) is 13.8 Å². The molecule has 0 spiro atoms. The second-order valence-corrected chi connectivity index (χ2v) is 5.77. The van der Waals surface area contributed by atoms with Crippen molar-refractivity contribution in [1.82, 2.24) is 0 Å². The van der Waals surface area contributed by atoms with Crippen LogP contribution in [0.15, 0.2) is 71.8 Å². The van der Waals surface area contributed by atoms with Crippen LogP contribution in [0.1, 0.15) is 18.1 Å². The first-order valence-corrected chi connectivity index (χ1v) is 8.33. The summed E-state index contributed by atoms with van der Waals surface area (Å²) in [6, 6.07) is 16.8. The molecule has 5 nitrogen and oxygen atoms in total. The van der Waals surface area contributed by atoms with Gasteiger partial charge in [-0.25, -0.2) is 4.79 Å². The number of anilines is 1. The molecule has 0 saturated carbocycles. The standard InChI is InChI=1S/C21H19NO4/c1-3-25-21(24)18-19(23)17(13-15-9-7-8-14(2)12-15)26-20(18)22-16-10-5-4-6-11-16/h4-13,22H,3H2,1-2H3. The molecule has 2 aromatic carbocycles. The number of ether oxygens (including phenoxy) is 2. The lowest BCUT2D eigenvalue weighted by molar-refractivity contribution is -0.139. The predicted octanol–water partition coefficient (Wildman–Crippen LogP) is 3.82. The second kappa shape index (κ2) is 7.70. The Hall–Kier alpha value is -3.34. The molecule has 0 aromatic heterocycles. The Morgan fingerprint density at radius 1 is 1.15 bits per heavy atom. The van der Waals surface area contributed by atoms with E-state index >= 15 is 0 Å². The predicted molar refractivity (Wildman–Crippen MR) is 99.0 cm³/mol. The number of ketones is 1. The van der Waals surface area contributed by atoms with Gasteiger partial charge in [0.1, 0.15) is 0 Å². The van der Waals surface area contributed by atoms with Crippen LogP contribution in [0.3, 0.4) is 0 Å². The molecule has 1 aliphatic heterocycles. The fourth-order valence-corrected chi connectivity index (χ4v) is 2.57. The largest absolute Gasteiger partial charge is 0.462 e. The molecule has 1 aliphatic rings. The average molecular weight is 349 g/mol. The van der Waals surface area contributed by atoms with Gasteiger partial charge in [-0.3, -0.25) is 4.79 Å². The van der Waals surface area contributed by atoms with E-state index < -0.39 is 11.8 Å². The number of benzene rings is 2. The zero-order valence-corrected chi connectivity index (χ0v) is 14.6. The maximum atomic E-state index is 12.7. The summed E-state index contributed by atoms with van der Waals surface area (Å²) in [6.07, 6.45) is 1.62. The van der Waals surface area contributed by atoms with Crippen LogP contribution >= 0.6 is 0 Å². The first-order valence-electron chi connectivity index (χ1n) is 8.33. The fourth-order valence-electron chi connectivity index (χ4n) is 2.57. The summed E-state index contributed by atoms with van der Waals surface area (Å²) in [5, 5.41) is 2.98. The number of carbonyl (C=O) groups excluding carboxylic acids is 2. The van der Waals surface area contributed by atoms with Gasteiger partial charge in [0, 0.05) is 5.69 Å². The van der Waals surface area contributed by atoms with E-state index in [0.717, 1.165) is 11.1 Å². The molecule has 0 atom stereocenters. The Kier molecular flexibility index (Phi) is 5.17. The quantitative estimate of drug-likeness (QED) is 0.505. The van der Waals surface area contributed by atoms with Crippen molar-refractivity contribution >= 4 is 23.5 Å². The Balaban J connectivity index is 1.94. The molecular weight excluding hydrogens is 330 g/mol. The van der Waals surface area contributed by atoms with Crippen molar-refractivity contribution in [2.24, 2.45) is 0 Å². The van der Waals surface area contributed by atoms with Gasteiger partial charge in [0.25, 0.3) is 0 Å². The van der Waals surface area contributed by atoms with E-state index in [9.17, 15) is 9.59 Å². The van der Waals surface area contributed by atoms with E-state index in [4.69, 9.17) is 9.47 Å². The molecule has 1 heterocycles. The van der Waals surface area contributed by atoms with E-state index in [0.29, 0.717) is 5.69 Å². The highest BCUT2D eigenvalue weighted by molar-refractivity contribution is 6.26. The molecule has 0 unspecified atom stereocenters. The SMILES string of the molecule is CCOC(=O)C1=C(Nc2ccccc2)OC(=Cc2cccc(C)c2)C1=O. The van der Waals surface area contributed by atoms with Gasteiger partial charge in [-0.05, 0) is 37.6 Å². The minimum atomic E-state index is -0.705. The molecular formula is C21H19NO4. The molecule has 1 N–H and O–H groups in total. The Labute approximate surface area is 151 Å². The highest BCUT2D eigenvalue weighted by Gasteiger charge is 2.36. The molecule has 0 saturated heterocycles. The first kappa shape index (κ1) is 17.5. The third-order valence-corrected chi connectivity index (χ3v) is 3.74. The molecule has 0 bridgehead atoms. The molecule has 0 radical (unpaired) electrons. The van der Waals surface area contributed by atoms with Crippen molar-refractivity contribution in [3.63, 3.8) is 0 Å². The third-order valence-electron chi connectivity index (χ3n) is 3.74. The third kappa shape index (κ3) is 3.83. The lowest BCUT2D eigenvalue weighted by atomic mass is 10.1. The summed E-state index contributed by atoms with van der Waals surface area (Å²) in [6.45, 7) is 3.82. The van der Waals surface area contributed by atoms with Crippen LogP contribution < -0.4 is 5.32 Å². The van der Waals surface area contributed by atoms with E-state index in [1.807, 2.05) is 61.5 Å². The van der Waals surface area contributed by atoms with Gasteiger partial charge in [0.2, 0.25) is 11.7 Å². The summed E-state index contributed by atoms with van der Waals surface area (Å²) in [4.78, 5) is 25.0. The van der Waals surface area contributed by atoms with Crippen LogP contribution in [0.2, 0.25) is 0 Å². The summed E-state index contributed by atoms with van der Waals surface area (Å²) in [7, 11) is 0. The monoisotopic (exact) mass is 349 g/mol. The minimum absolute atomic E-state index is 0.0806. The number of hydrogen-bond donors (Lipinski definition) is 1. The highest BCUT2D eigenvalue weighted by atomic mass is 16.5. The second-order valence-electron chi connectivity index (χ2n) is 5.77. The summed E-state index contributed by atoms with van der Waals surface area (Å²) < 4.78 is 10.7. The number of rotatable bonds is 5. The number of nitrogens with one attached hydrogen (secondary N) is 1. The van der Waals surface area contributed by atoms with Crippen LogP contribution in [0.5, 0.6) is 0 Å². The number of carbonyl (C=O) groups is 2. The van der Waals surface area contributed by atoms with Gasteiger partial charge >= 0.3 is 5.97 Å². The van der Waals surface area contributed by atoms with Crippen LogP contribution in [0.4, 0.5) is 5.69 Å². The number of para-hydroxylation sites is 1. The normalized spacial score (nSPS) is 15.2. The van der Waals surface area contributed by atoms with Crippen molar-refractivity contribution in [1.29, 1.82) is 0 Å². The molecule has 26 heavy (non-hydrogen) atoms. The van der Waals surface area contributed by atoms with E-state index in [1.165, 1.54) is 0 Å². The van der Waals surface area contributed by atoms with E-state index in [2.05, 4.69) is 5.32 Å². The number of allylic oxidation sites excluding steroid dienone is 1. The smallest absolute Gasteiger partial charge is 0.347 e. The van der Waals surface area contributed by atoms with Crippen molar-refractivity contribution in [2.75, 3.05) is 11.9 Å². The zero-order chi connectivity index (χ0) is 18.5. The van der Waals surface area contributed by atoms with E-state index in [-0.39, 0.29) is 23.8 Å². The maximum absolute atomic E-state index is 12.7. The summed E-state index contributed by atoms with van der Waals surface area (Å²) >= 11 is 0. The number of aryl methyl sites for hydroxylation is 1. The van der Waals surface area contributed by atoms with Gasteiger partial charge in [0.05, 0.1) is 6.61 Å². The summed E-state index contributed by atoms with van der Waals surface area (Å²) in [5.74, 6) is -1.04. The van der Waals surface area contributed by atoms with Crippen molar-refractivity contribution in [3.8, 4) is 0 Å². The lowest BCUT2D eigenvalue weighted by Crippen LogP contribution is -2.16. The van der Waals surface area contributed by atoms with Gasteiger partial charge in [-0.1, -0.05) is 48.0 Å². The molecule has 0 aliphatic carbocycles. The Morgan fingerprint density at radius 2 is 1.92 bits per heavy atom. The van der Waals surface area contributed by atoms with Gasteiger partial charge in [-0.15, -0.1) is 0 Å². The molecule has 0 fully saturated rings. The van der Waals surface area contributed by atoms with E-state index in [1.54, 1.807) is 13.0 Å². The fraction of sp³-hybridized carbons (Fsp3) is 0.143. The Bertz CT molecular complexity index is 897. The van der Waals surface area contributed by atoms with Crippen LogP contribution in [-0.4, -0.2) is 18.4 Å². The van der Waals surface area contributed by atoms with Crippen LogP contribution in [0.25, 0.3) is 6.08 Å². The van der Waals surface area contributed by atoms with Crippen molar-refractivity contribution < 1.29 is 19.1 Å². The van der Waals surface area contributed by atoms with Gasteiger partial charge in [0.15, 0.2) is 11.3 Å². The minimum Gasteiger partial charge on any atom is -0.462 e. The maximum Gasteiger partial charge on any atom is 0.347 e. The molecule has 5 heteroatoms. The number of Topliss-reactive ketones (excluding diaryl/α,β-unsaturated/α-hetero) is 1. The van der Waals surface area contributed by atoms with Gasteiger partial charge < -0.3 is 14.8 Å². The first-order chi connectivity index (χ1) is 12.6. The topological polar surface area (TPSA) is 64.6 Å². The molecule has 2 aromatic rings. The van der Waals surface area contributed by atoms with Crippen LogP contribution in [0, 0.1) is 6.92 Å². The average Bonchev–Trinajstić information content (AvgIpc) is 2.91. The molecule has 132 valence electrons. The molecule has 0 amide bonds. The number of hydrogen-bond acceptors (Lipinski definition) is 5. The molecule has 3 rings (SSSR count). The lowest BCUT2D eigenvalue weighted by Gasteiger charge is -2.08. The summed E-state index contributed by atoms with van der Waals surface area (Å²) in [5.41, 5.74) is 2.45. The van der Waals surface area contributed by atoms with Crippen molar-refractivity contribution in [3.05, 3.63) is 82.9 Å². The number of esters is 1. The highest BCUT2D eigenvalue weighted by Crippen LogP contribution is 2.28. The van der Waals surface area contributed by atoms with Gasteiger partial charge in [-0.2, -0.15) is 0 Å². The Morgan fingerprint density at radius 3 is 2.62 bits per heavy atom. The van der Waals surface area contributed by atoms with Crippen LogP contribution in [-0.2, 0) is 19.1 Å². The zero-order valence-electron chi connectivity index (χ0n) is 14.6.